The van der Waals surface area contributed by atoms with Crippen LogP contribution in [0.15, 0.2) is 0 Å². The van der Waals surface area contributed by atoms with Crippen LogP contribution in [0.1, 0.15) is 65.2 Å². The van der Waals surface area contributed by atoms with E-state index in [1.54, 1.807) is 6.92 Å². The molecule has 0 aliphatic heterocycles. The molecule has 0 aromatic heterocycles. The van der Waals surface area contributed by atoms with E-state index in [0.29, 0.717) is 6.42 Å². The Kier molecular flexibility index (Phi) is 9.80. The van der Waals surface area contributed by atoms with Gasteiger partial charge in [-0.15, -0.1) is 0 Å². The molecule has 0 fully saturated rings. The molecule has 92 valence electrons. The molecule has 0 saturated carbocycles. The van der Waals surface area contributed by atoms with Crippen molar-refractivity contribution in [1.82, 2.24) is 5.32 Å². The fraction of sp³-hybridized carbons (Fsp3) is 0.846. The molecule has 0 bridgehead atoms. The first-order chi connectivity index (χ1) is 7.70. The molecule has 0 aliphatic carbocycles. The molecule has 3 heteroatoms. The largest absolute Gasteiger partial charge is 0.341 e. The summed E-state index contributed by atoms with van der Waals surface area (Å²) in [7, 11) is 0. The van der Waals surface area contributed by atoms with Crippen LogP contribution in [0, 0.1) is 11.3 Å². The van der Waals surface area contributed by atoms with Gasteiger partial charge >= 0.3 is 0 Å². The number of hydrogen-bond acceptors (Lipinski definition) is 2. The van der Waals surface area contributed by atoms with Crippen molar-refractivity contribution in [3.05, 3.63) is 0 Å². The van der Waals surface area contributed by atoms with Crippen LogP contribution in [0.4, 0.5) is 0 Å². The van der Waals surface area contributed by atoms with Gasteiger partial charge in [0, 0.05) is 6.42 Å². The molecule has 0 aromatic carbocycles. The zero-order chi connectivity index (χ0) is 12.2. The van der Waals surface area contributed by atoms with E-state index in [9.17, 15) is 4.79 Å². The van der Waals surface area contributed by atoms with Gasteiger partial charge in [0.2, 0.25) is 5.91 Å². The first kappa shape index (κ1) is 15.0. The molecule has 16 heavy (non-hydrogen) atoms. The minimum Gasteiger partial charge on any atom is -0.341 e. The molecule has 0 aromatic rings. The number of amides is 1. The summed E-state index contributed by atoms with van der Waals surface area (Å²) >= 11 is 0. The lowest BCUT2D eigenvalue weighted by Crippen LogP contribution is -2.30. The number of hydrogen-bond donors (Lipinski definition) is 1. The van der Waals surface area contributed by atoms with E-state index >= 15 is 0 Å². The van der Waals surface area contributed by atoms with Gasteiger partial charge in [-0.2, -0.15) is 5.26 Å². The van der Waals surface area contributed by atoms with E-state index in [2.05, 4.69) is 12.2 Å². The van der Waals surface area contributed by atoms with Gasteiger partial charge in [-0.25, -0.2) is 0 Å². The van der Waals surface area contributed by atoms with E-state index in [-0.39, 0.29) is 11.9 Å². The molecule has 0 saturated heterocycles. The molecule has 1 unspecified atom stereocenters. The molecular weight excluding hydrogens is 200 g/mol. The number of unbranched alkanes of at least 4 members (excludes halogenated alkanes) is 6. The van der Waals surface area contributed by atoms with Gasteiger partial charge in [-0.05, 0) is 13.3 Å². The van der Waals surface area contributed by atoms with Crippen LogP contribution in [0.2, 0.25) is 0 Å². The molecule has 3 nitrogen and oxygen atoms in total. The lowest BCUT2D eigenvalue weighted by atomic mass is 10.1. The zero-order valence-corrected chi connectivity index (χ0v) is 10.6. The Hall–Kier alpha value is -1.04. The van der Waals surface area contributed by atoms with Crippen molar-refractivity contribution in [2.75, 3.05) is 0 Å². The second-order valence-corrected chi connectivity index (χ2v) is 4.29. The highest BCUT2D eigenvalue weighted by atomic mass is 16.1. The van der Waals surface area contributed by atoms with Crippen molar-refractivity contribution < 1.29 is 4.79 Å². The number of carbonyl (C=O) groups is 1. The van der Waals surface area contributed by atoms with Crippen LogP contribution in [0.25, 0.3) is 0 Å². The van der Waals surface area contributed by atoms with Crippen molar-refractivity contribution in [2.45, 2.75) is 71.3 Å². The second-order valence-electron chi connectivity index (χ2n) is 4.29. The maximum absolute atomic E-state index is 11.3. The average Bonchev–Trinajstić information content (AvgIpc) is 2.27. The van der Waals surface area contributed by atoms with Gasteiger partial charge in [0.1, 0.15) is 6.04 Å². The minimum atomic E-state index is -0.364. The van der Waals surface area contributed by atoms with Crippen molar-refractivity contribution in [3.63, 3.8) is 0 Å². The summed E-state index contributed by atoms with van der Waals surface area (Å²) in [5.41, 5.74) is 0. The second kappa shape index (κ2) is 10.5. The first-order valence-corrected chi connectivity index (χ1v) is 6.39. The van der Waals surface area contributed by atoms with Crippen molar-refractivity contribution in [3.8, 4) is 6.07 Å². The first-order valence-electron chi connectivity index (χ1n) is 6.39. The smallest absolute Gasteiger partial charge is 0.221 e. The van der Waals surface area contributed by atoms with E-state index < -0.39 is 0 Å². The van der Waals surface area contributed by atoms with Crippen LogP contribution in [-0.2, 0) is 4.79 Å². The third-order valence-electron chi connectivity index (χ3n) is 2.58. The summed E-state index contributed by atoms with van der Waals surface area (Å²) in [6.45, 7) is 3.91. The number of nitrogens with zero attached hydrogens (tertiary/aromatic N) is 1. The number of nitriles is 1. The summed E-state index contributed by atoms with van der Waals surface area (Å²) in [5.74, 6) is 0.00241. The van der Waals surface area contributed by atoms with Crippen LogP contribution in [-0.4, -0.2) is 11.9 Å². The summed E-state index contributed by atoms with van der Waals surface area (Å²) in [6.07, 6.45) is 9.03. The van der Waals surface area contributed by atoms with E-state index in [0.717, 1.165) is 12.8 Å². The van der Waals surface area contributed by atoms with Gasteiger partial charge in [0.25, 0.3) is 0 Å². The van der Waals surface area contributed by atoms with Crippen LogP contribution < -0.4 is 5.32 Å². The summed E-state index contributed by atoms with van der Waals surface area (Å²) in [6, 6.07) is 1.62. The van der Waals surface area contributed by atoms with Crippen LogP contribution in [0.3, 0.4) is 0 Å². The fourth-order valence-corrected chi connectivity index (χ4v) is 1.59. The quantitative estimate of drug-likeness (QED) is 0.612. The van der Waals surface area contributed by atoms with Crippen LogP contribution >= 0.6 is 0 Å². The molecule has 1 amide bonds. The normalized spacial score (nSPS) is 11.8. The summed E-state index contributed by atoms with van der Waals surface area (Å²) in [5, 5.41) is 11.2. The zero-order valence-electron chi connectivity index (χ0n) is 10.6. The molecule has 0 aliphatic rings. The van der Waals surface area contributed by atoms with Crippen molar-refractivity contribution in [1.29, 1.82) is 5.26 Å². The minimum absolute atomic E-state index is 0.00241. The molecule has 0 rings (SSSR count). The molecule has 0 heterocycles. The maximum Gasteiger partial charge on any atom is 0.221 e. The Morgan fingerprint density at radius 2 is 1.75 bits per heavy atom. The molecule has 0 radical (unpaired) electrons. The fourth-order valence-electron chi connectivity index (χ4n) is 1.59. The van der Waals surface area contributed by atoms with Gasteiger partial charge in [-0.1, -0.05) is 45.4 Å². The summed E-state index contributed by atoms with van der Waals surface area (Å²) < 4.78 is 0. The van der Waals surface area contributed by atoms with Crippen molar-refractivity contribution in [2.24, 2.45) is 0 Å². The van der Waals surface area contributed by atoms with Crippen LogP contribution in [0.5, 0.6) is 0 Å². The molecule has 1 atom stereocenters. The Balaban J connectivity index is 3.25. The van der Waals surface area contributed by atoms with Gasteiger partial charge in [-0.3, -0.25) is 4.79 Å². The number of nitrogens with one attached hydrogen (secondary N) is 1. The number of carbonyl (C=O) groups excluding carboxylic acids is 1. The Morgan fingerprint density at radius 1 is 1.19 bits per heavy atom. The average molecular weight is 224 g/mol. The van der Waals surface area contributed by atoms with Gasteiger partial charge in [0.15, 0.2) is 0 Å². The predicted molar refractivity (Wildman–Crippen MR) is 65.8 cm³/mol. The predicted octanol–water partition coefficient (Wildman–Crippen LogP) is 3.16. The third kappa shape index (κ3) is 9.51. The monoisotopic (exact) mass is 224 g/mol. The molecule has 0 spiro atoms. The SMILES string of the molecule is CCCCCCCCCC(=O)NC(C)C#N. The Morgan fingerprint density at radius 3 is 2.31 bits per heavy atom. The lowest BCUT2D eigenvalue weighted by Gasteiger charge is -2.05. The van der Waals surface area contributed by atoms with E-state index in [1.807, 2.05) is 6.07 Å². The molecular formula is C13H24N2O. The van der Waals surface area contributed by atoms with E-state index in [4.69, 9.17) is 5.26 Å². The number of rotatable bonds is 9. The van der Waals surface area contributed by atoms with Gasteiger partial charge in [0.05, 0.1) is 6.07 Å². The molecule has 1 N–H and O–H groups in total. The topological polar surface area (TPSA) is 52.9 Å². The van der Waals surface area contributed by atoms with Gasteiger partial charge < -0.3 is 5.32 Å². The highest BCUT2D eigenvalue weighted by Gasteiger charge is 2.04. The van der Waals surface area contributed by atoms with Crippen molar-refractivity contribution >= 4 is 5.91 Å². The standard InChI is InChI=1S/C13H24N2O/c1-3-4-5-6-7-8-9-10-13(16)15-12(2)11-14/h12H,3-10H2,1-2H3,(H,15,16). The maximum atomic E-state index is 11.3. The highest BCUT2D eigenvalue weighted by molar-refractivity contribution is 5.76. The lowest BCUT2D eigenvalue weighted by molar-refractivity contribution is -0.121. The van der Waals surface area contributed by atoms with E-state index in [1.165, 1.54) is 32.1 Å². The third-order valence-corrected chi connectivity index (χ3v) is 2.58. The summed E-state index contributed by atoms with van der Waals surface area (Å²) in [4.78, 5) is 11.3. The Labute approximate surface area is 99.2 Å². The highest BCUT2D eigenvalue weighted by Crippen LogP contribution is 2.08. The Bertz CT molecular complexity index is 220.